The molecule has 5 nitrogen and oxygen atoms in total. The summed E-state index contributed by atoms with van der Waals surface area (Å²) in [5.74, 6) is 0.572. The maximum atomic E-state index is 10.8. The number of methoxy groups -OCH3 is 1. The van der Waals surface area contributed by atoms with Gasteiger partial charge in [-0.15, -0.1) is 0 Å². The molecule has 0 spiro atoms. The van der Waals surface area contributed by atoms with E-state index in [9.17, 15) is 10.1 Å². The number of nitrogens with zero attached hydrogens (tertiary/aromatic N) is 1. The Morgan fingerprint density at radius 1 is 1.30 bits per heavy atom. The molecule has 0 unspecified atom stereocenters. The maximum absolute atomic E-state index is 10.8. The highest BCUT2D eigenvalue weighted by molar-refractivity contribution is 9.10. The monoisotopic (exact) mass is 336 g/mol. The molecule has 1 N–H and O–H groups in total. The fraction of sp³-hybridized carbons (Fsp3) is 0.143. The Morgan fingerprint density at radius 2 is 2.05 bits per heavy atom. The molecule has 0 saturated carbocycles. The number of hydrogen-bond acceptors (Lipinski definition) is 4. The highest BCUT2D eigenvalue weighted by atomic mass is 79.9. The molecule has 104 valence electrons. The van der Waals surface area contributed by atoms with E-state index >= 15 is 0 Å². The highest BCUT2D eigenvalue weighted by Crippen LogP contribution is 2.29. The molecule has 0 aromatic heterocycles. The van der Waals surface area contributed by atoms with Gasteiger partial charge in [-0.3, -0.25) is 10.1 Å². The van der Waals surface area contributed by atoms with Crippen LogP contribution in [0.15, 0.2) is 46.9 Å². The third-order valence-corrected chi connectivity index (χ3v) is 3.59. The minimum absolute atomic E-state index is 0.0282. The van der Waals surface area contributed by atoms with Crippen molar-refractivity contribution in [1.82, 2.24) is 0 Å². The molecule has 2 aromatic carbocycles. The van der Waals surface area contributed by atoms with Crippen LogP contribution in [-0.2, 0) is 6.54 Å². The maximum Gasteiger partial charge on any atom is 0.271 e. The summed E-state index contributed by atoms with van der Waals surface area (Å²) < 4.78 is 6.19. The van der Waals surface area contributed by atoms with Crippen molar-refractivity contribution in [3.63, 3.8) is 0 Å². The van der Waals surface area contributed by atoms with Crippen LogP contribution in [-0.4, -0.2) is 12.0 Å². The lowest BCUT2D eigenvalue weighted by Crippen LogP contribution is -2.02. The van der Waals surface area contributed by atoms with Crippen LogP contribution >= 0.6 is 15.9 Å². The number of nitrogens with one attached hydrogen (secondary N) is 1. The van der Waals surface area contributed by atoms with Gasteiger partial charge in [-0.05, 0) is 17.7 Å². The lowest BCUT2D eigenvalue weighted by Gasteiger charge is -2.11. The number of non-ortho nitro benzene ring substituents is 1. The van der Waals surface area contributed by atoms with Gasteiger partial charge in [0, 0.05) is 23.2 Å². The Balaban J connectivity index is 2.22. The van der Waals surface area contributed by atoms with E-state index in [-0.39, 0.29) is 5.69 Å². The topological polar surface area (TPSA) is 64.4 Å². The molecule has 0 aliphatic rings. The largest absolute Gasteiger partial charge is 0.495 e. The number of ether oxygens (including phenoxy) is 1. The van der Waals surface area contributed by atoms with E-state index in [0.29, 0.717) is 18.0 Å². The normalized spacial score (nSPS) is 10.1. The number of benzene rings is 2. The third kappa shape index (κ3) is 3.27. The van der Waals surface area contributed by atoms with E-state index in [2.05, 4.69) is 21.2 Å². The summed E-state index contributed by atoms with van der Waals surface area (Å²) in [5, 5.41) is 14.0. The fourth-order valence-corrected chi connectivity index (χ4v) is 2.20. The van der Waals surface area contributed by atoms with Crippen LogP contribution in [0.5, 0.6) is 5.75 Å². The van der Waals surface area contributed by atoms with Gasteiger partial charge in [0.05, 0.1) is 17.7 Å². The SMILES string of the molecule is COc1ccc([N+](=O)[O-])cc1NCc1ccccc1Br. The van der Waals surface area contributed by atoms with Crippen molar-refractivity contribution >= 4 is 27.3 Å². The third-order valence-electron chi connectivity index (χ3n) is 2.82. The Hall–Kier alpha value is -2.08. The predicted molar refractivity (Wildman–Crippen MR) is 81.1 cm³/mol. The van der Waals surface area contributed by atoms with Crippen LogP contribution in [0, 0.1) is 10.1 Å². The molecule has 0 radical (unpaired) electrons. The van der Waals surface area contributed by atoms with Gasteiger partial charge in [0.2, 0.25) is 0 Å². The van der Waals surface area contributed by atoms with Crippen LogP contribution in [0.2, 0.25) is 0 Å². The first kappa shape index (κ1) is 14.3. The van der Waals surface area contributed by atoms with Gasteiger partial charge in [0.15, 0.2) is 0 Å². The van der Waals surface area contributed by atoms with E-state index in [1.165, 1.54) is 19.2 Å². The summed E-state index contributed by atoms with van der Waals surface area (Å²) >= 11 is 3.46. The van der Waals surface area contributed by atoms with Gasteiger partial charge < -0.3 is 10.1 Å². The molecule has 20 heavy (non-hydrogen) atoms. The standard InChI is InChI=1S/C14H13BrN2O3/c1-20-14-7-6-11(17(18)19)8-13(14)16-9-10-4-2-3-5-12(10)15/h2-8,16H,9H2,1H3. The lowest BCUT2D eigenvalue weighted by molar-refractivity contribution is -0.384. The molecule has 6 heteroatoms. The summed E-state index contributed by atoms with van der Waals surface area (Å²) in [6, 6.07) is 12.3. The van der Waals surface area contributed by atoms with E-state index in [1.807, 2.05) is 24.3 Å². The quantitative estimate of drug-likeness (QED) is 0.662. The zero-order chi connectivity index (χ0) is 14.5. The van der Waals surface area contributed by atoms with E-state index in [4.69, 9.17) is 4.74 Å². The second kappa shape index (κ2) is 6.38. The van der Waals surface area contributed by atoms with Gasteiger partial charge in [-0.2, -0.15) is 0 Å². The van der Waals surface area contributed by atoms with Crippen molar-refractivity contribution in [2.75, 3.05) is 12.4 Å². The average molecular weight is 337 g/mol. The summed E-state index contributed by atoms with van der Waals surface area (Å²) in [7, 11) is 1.53. The van der Waals surface area contributed by atoms with E-state index < -0.39 is 4.92 Å². The molecule has 0 aliphatic heterocycles. The van der Waals surface area contributed by atoms with Crippen molar-refractivity contribution in [2.45, 2.75) is 6.54 Å². The Bertz CT molecular complexity index is 632. The van der Waals surface area contributed by atoms with Crippen molar-refractivity contribution in [3.05, 3.63) is 62.6 Å². The minimum atomic E-state index is -0.428. The van der Waals surface area contributed by atoms with E-state index in [0.717, 1.165) is 10.0 Å². The Morgan fingerprint density at radius 3 is 2.70 bits per heavy atom. The first-order valence-corrected chi connectivity index (χ1v) is 6.71. The number of nitro groups is 1. The molecular weight excluding hydrogens is 324 g/mol. The average Bonchev–Trinajstić information content (AvgIpc) is 2.46. The summed E-state index contributed by atoms with van der Waals surface area (Å²) in [6.07, 6.45) is 0. The van der Waals surface area contributed by atoms with Crippen molar-refractivity contribution in [1.29, 1.82) is 0 Å². The lowest BCUT2D eigenvalue weighted by atomic mass is 10.2. The van der Waals surface area contributed by atoms with Crippen LogP contribution in [0.3, 0.4) is 0 Å². The van der Waals surface area contributed by atoms with Gasteiger partial charge in [0.1, 0.15) is 5.75 Å². The minimum Gasteiger partial charge on any atom is -0.495 e. The van der Waals surface area contributed by atoms with E-state index in [1.54, 1.807) is 6.07 Å². The highest BCUT2D eigenvalue weighted by Gasteiger charge is 2.11. The molecule has 0 heterocycles. The van der Waals surface area contributed by atoms with Gasteiger partial charge in [0.25, 0.3) is 5.69 Å². The molecular formula is C14H13BrN2O3. The van der Waals surface area contributed by atoms with Crippen LogP contribution < -0.4 is 10.1 Å². The molecule has 2 aromatic rings. The molecule has 0 saturated heterocycles. The van der Waals surface area contributed by atoms with Crippen LogP contribution in [0.25, 0.3) is 0 Å². The molecule has 0 aliphatic carbocycles. The Labute approximate surface area is 124 Å². The summed E-state index contributed by atoms with van der Waals surface area (Å²) in [5.41, 5.74) is 1.68. The number of nitro benzene ring substituents is 1. The molecule has 0 fully saturated rings. The van der Waals surface area contributed by atoms with Crippen molar-refractivity contribution < 1.29 is 9.66 Å². The molecule has 0 amide bonds. The zero-order valence-electron chi connectivity index (χ0n) is 10.8. The second-order valence-corrected chi connectivity index (χ2v) is 4.94. The fourth-order valence-electron chi connectivity index (χ4n) is 1.78. The zero-order valence-corrected chi connectivity index (χ0v) is 12.4. The Kier molecular flexibility index (Phi) is 4.57. The van der Waals surface area contributed by atoms with Gasteiger partial charge in [-0.1, -0.05) is 34.1 Å². The van der Waals surface area contributed by atoms with Crippen molar-refractivity contribution in [2.24, 2.45) is 0 Å². The molecule has 0 bridgehead atoms. The van der Waals surface area contributed by atoms with Gasteiger partial charge >= 0.3 is 0 Å². The van der Waals surface area contributed by atoms with Gasteiger partial charge in [-0.25, -0.2) is 0 Å². The molecule has 0 atom stereocenters. The second-order valence-electron chi connectivity index (χ2n) is 4.09. The number of anilines is 1. The predicted octanol–water partition coefficient (Wildman–Crippen LogP) is 3.98. The number of rotatable bonds is 5. The summed E-state index contributed by atoms with van der Waals surface area (Å²) in [6.45, 7) is 0.541. The van der Waals surface area contributed by atoms with Crippen molar-refractivity contribution in [3.8, 4) is 5.75 Å². The van der Waals surface area contributed by atoms with Crippen LogP contribution in [0.1, 0.15) is 5.56 Å². The first-order chi connectivity index (χ1) is 9.61. The first-order valence-electron chi connectivity index (χ1n) is 5.91. The number of halogens is 1. The smallest absolute Gasteiger partial charge is 0.271 e. The molecule has 2 rings (SSSR count). The summed E-state index contributed by atoms with van der Waals surface area (Å²) in [4.78, 5) is 10.4. The number of hydrogen-bond donors (Lipinski definition) is 1. The van der Waals surface area contributed by atoms with Crippen LogP contribution in [0.4, 0.5) is 11.4 Å².